The lowest BCUT2D eigenvalue weighted by molar-refractivity contribution is 0.324. The van der Waals surface area contributed by atoms with E-state index in [1.54, 1.807) is 0 Å². The molecule has 0 radical (unpaired) electrons. The third-order valence-electron chi connectivity index (χ3n) is 1.92. The van der Waals surface area contributed by atoms with Crippen LogP contribution >= 0.6 is 0 Å². The molecular formula is C8H11N5O. The molecule has 14 heavy (non-hydrogen) atoms. The third kappa shape index (κ3) is 1.34. The van der Waals surface area contributed by atoms with Gasteiger partial charge in [0, 0.05) is 0 Å². The predicted octanol–water partition coefficient (Wildman–Crippen LogP) is -0.194. The third-order valence-corrected chi connectivity index (χ3v) is 1.92. The van der Waals surface area contributed by atoms with E-state index in [1.165, 1.54) is 6.33 Å². The van der Waals surface area contributed by atoms with Crippen molar-refractivity contribution in [1.82, 2.24) is 9.97 Å². The second-order valence-corrected chi connectivity index (χ2v) is 3.11. The summed E-state index contributed by atoms with van der Waals surface area (Å²) in [7, 11) is 0. The van der Waals surface area contributed by atoms with E-state index in [0.717, 1.165) is 0 Å². The molecule has 4 N–H and O–H groups in total. The summed E-state index contributed by atoms with van der Waals surface area (Å²) in [6, 6.07) is 0.129. The summed E-state index contributed by atoms with van der Waals surface area (Å²) >= 11 is 0. The molecular weight excluding hydrogens is 182 g/mol. The average molecular weight is 193 g/mol. The fourth-order valence-corrected chi connectivity index (χ4v) is 1.24. The Labute approximate surface area is 81.0 Å². The standard InChI is InChI=1S/C8H11N5O/c1-4-2-14-8(13-4)5-6(9)11-3-12-7(5)10/h3-4H,2H2,1H3,(H4,9,10,11,12). The molecule has 0 bridgehead atoms. The van der Waals surface area contributed by atoms with Crippen molar-refractivity contribution in [3.05, 3.63) is 11.9 Å². The molecule has 0 saturated heterocycles. The highest BCUT2D eigenvalue weighted by atomic mass is 16.5. The van der Waals surface area contributed by atoms with Crippen molar-refractivity contribution in [2.45, 2.75) is 13.0 Å². The molecule has 2 heterocycles. The van der Waals surface area contributed by atoms with E-state index in [0.29, 0.717) is 29.7 Å². The van der Waals surface area contributed by atoms with Crippen LogP contribution in [0.5, 0.6) is 0 Å². The Morgan fingerprint density at radius 1 is 1.36 bits per heavy atom. The number of nitrogen functional groups attached to an aromatic ring is 2. The molecule has 1 aliphatic heterocycles. The van der Waals surface area contributed by atoms with Gasteiger partial charge in [-0.25, -0.2) is 15.0 Å². The molecule has 0 spiro atoms. The van der Waals surface area contributed by atoms with Crippen LogP contribution in [-0.4, -0.2) is 28.5 Å². The number of aromatic nitrogens is 2. The SMILES string of the molecule is CC1COC(c2c(N)ncnc2N)=N1. The normalized spacial score (nSPS) is 20.4. The van der Waals surface area contributed by atoms with Gasteiger partial charge in [0.15, 0.2) is 0 Å². The Morgan fingerprint density at radius 3 is 2.50 bits per heavy atom. The van der Waals surface area contributed by atoms with Crippen LogP contribution in [0.2, 0.25) is 0 Å². The lowest BCUT2D eigenvalue weighted by Crippen LogP contribution is -2.11. The molecule has 74 valence electrons. The van der Waals surface area contributed by atoms with E-state index in [-0.39, 0.29) is 6.04 Å². The molecule has 0 fully saturated rings. The number of nitrogens with two attached hydrogens (primary N) is 2. The average Bonchev–Trinajstić information content (AvgIpc) is 2.51. The van der Waals surface area contributed by atoms with Gasteiger partial charge in [0.05, 0.1) is 6.04 Å². The van der Waals surface area contributed by atoms with E-state index in [4.69, 9.17) is 16.2 Å². The van der Waals surface area contributed by atoms with Gasteiger partial charge < -0.3 is 16.2 Å². The quantitative estimate of drug-likeness (QED) is 0.643. The van der Waals surface area contributed by atoms with Crippen molar-refractivity contribution in [3.63, 3.8) is 0 Å². The molecule has 0 amide bonds. The first kappa shape index (κ1) is 8.74. The lowest BCUT2D eigenvalue weighted by atomic mass is 10.3. The van der Waals surface area contributed by atoms with Gasteiger partial charge in [0.1, 0.15) is 30.1 Å². The highest BCUT2D eigenvalue weighted by Gasteiger charge is 2.21. The molecule has 1 aliphatic rings. The fraction of sp³-hybridized carbons (Fsp3) is 0.375. The first-order valence-electron chi connectivity index (χ1n) is 4.25. The van der Waals surface area contributed by atoms with E-state index < -0.39 is 0 Å². The second-order valence-electron chi connectivity index (χ2n) is 3.11. The topological polar surface area (TPSA) is 99.4 Å². The summed E-state index contributed by atoms with van der Waals surface area (Å²) in [6.07, 6.45) is 1.31. The zero-order chi connectivity index (χ0) is 10.1. The highest BCUT2D eigenvalue weighted by Crippen LogP contribution is 2.19. The fourth-order valence-electron chi connectivity index (χ4n) is 1.24. The maximum absolute atomic E-state index is 5.65. The number of anilines is 2. The maximum Gasteiger partial charge on any atom is 0.224 e. The molecule has 1 aromatic heterocycles. The van der Waals surface area contributed by atoms with Crippen LogP contribution in [-0.2, 0) is 4.74 Å². The van der Waals surface area contributed by atoms with Crippen LogP contribution in [0.3, 0.4) is 0 Å². The summed E-state index contributed by atoms with van der Waals surface area (Å²) in [5.41, 5.74) is 11.8. The number of hydrogen-bond donors (Lipinski definition) is 2. The van der Waals surface area contributed by atoms with Crippen molar-refractivity contribution >= 4 is 17.5 Å². The Bertz CT molecular complexity index is 369. The molecule has 2 rings (SSSR count). The Balaban J connectivity index is 2.46. The first-order chi connectivity index (χ1) is 6.68. The van der Waals surface area contributed by atoms with Crippen LogP contribution < -0.4 is 11.5 Å². The Morgan fingerprint density at radius 2 is 2.00 bits per heavy atom. The Hall–Kier alpha value is -1.85. The zero-order valence-corrected chi connectivity index (χ0v) is 7.77. The zero-order valence-electron chi connectivity index (χ0n) is 7.77. The molecule has 1 unspecified atom stereocenters. The highest BCUT2D eigenvalue weighted by molar-refractivity contribution is 6.03. The second kappa shape index (κ2) is 3.13. The molecule has 1 atom stereocenters. The molecule has 0 aromatic carbocycles. The summed E-state index contributed by atoms with van der Waals surface area (Å²) in [5.74, 6) is 1.03. The van der Waals surface area contributed by atoms with Gasteiger partial charge in [-0.15, -0.1) is 0 Å². The van der Waals surface area contributed by atoms with E-state index >= 15 is 0 Å². The lowest BCUT2D eigenvalue weighted by Gasteiger charge is -2.05. The van der Waals surface area contributed by atoms with E-state index in [2.05, 4.69) is 15.0 Å². The number of hydrogen-bond acceptors (Lipinski definition) is 6. The van der Waals surface area contributed by atoms with Gasteiger partial charge in [-0.3, -0.25) is 0 Å². The van der Waals surface area contributed by atoms with Gasteiger partial charge >= 0.3 is 0 Å². The van der Waals surface area contributed by atoms with Crippen molar-refractivity contribution in [1.29, 1.82) is 0 Å². The summed E-state index contributed by atoms with van der Waals surface area (Å²) < 4.78 is 5.32. The van der Waals surface area contributed by atoms with Gasteiger partial charge in [-0.2, -0.15) is 0 Å². The maximum atomic E-state index is 5.65. The smallest absolute Gasteiger partial charge is 0.224 e. The van der Waals surface area contributed by atoms with E-state index in [9.17, 15) is 0 Å². The van der Waals surface area contributed by atoms with Crippen LogP contribution in [0.25, 0.3) is 0 Å². The monoisotopic (exact) mass is 193 g/mol. The number of rotatable bonds is 1. The van der Waals surface area contributed by atoms with Crippen LogP contribution in [0.4, 0.5) is 11.6 Å². The Kier molecular flexibility index (Phi) is 1.95. The largest absolute Gasteiger partial charge is 0.475 e. The van der Waals surface area contributed by atoms with Gasteiger partial charge in [-0.1, -0.05) is 0 Å². The minimum Gasteiger partial charge on any atom is -0.475 e. The van der Waals surface area contributed by atoms with Crippen LogP contribution in [0.15, 0.2) is 11.3 Å². The van der Waals surface area contributed by atoms with Crippen molar-refractivity contribution in [3.8, 4) is 0 Å². The van der Waals surface area contributed by atoms with Crippen molar-refractivity contribution in [2.24, 2.45) is 4.99 Å². The van der Waals surface area contributed by atoms with Crippen molar-refractivity contribution < 1.29 is 4.74 Å². The van der Waals surface area contributed by atoms with Gasteiger partial charge in [-0.05, 0) is 6.92 Å². The summed E-state index contributed by atoms with van der Waals surface area (Å²) in [6.45, 7) is 2.49. The minimum absolute atomic E-state index is 0.129. The van der Waals surface area contributed by atoms with Gasteiger partial charge in [0.25, 0.3) is 0 Å². The summed E-state index contributed by atoms with van der Waals surface area (Å²) in [5, 5.41) is 0. The van der Waals surface area contributed by atoms with Crippen molar-refractivity contribution in [2.75, 3.05) is 18.1 Å². The predicted molar refractivity (Wildman–Crippen MR) is 52.8 cm³/mol. The molecule has 6 nitrogen and oxygen atoms in total. The van der Waals surface area contributed by atoms with Gasteiger partial charge in [0.2, 0.25) is 5.90 Å². The number of nitrogens with zero attached hydrogens (tertiary/aromatic N) is 3. The first-order valence-corrected chi connectivity index (χ1v) is 4.25. The molecule has 1 aromatic rings. The number of aliphatic imine (C=N–C) groups is 1. The minimum atomic E-state index is 0.129. The molecule has 6 heteroatoms. The molecule has 0 saturated carbocycles. The van der Waals surface area contributed by atoms with Crippen LogP contribution in [0.1, 0.15) is 12.5 Å². The number of ether oxygens (including phenoxy) is 1. The molecule has 0 aliphatic carbocycles. The summed E-state index contributed by atoms with van der Waals surface area (Å²) in [4.78, 5) is 11.9. The van der Waals surface area contributed by atoms with Crippen LogP contribution in [0, 0.1) is 0 Å². The van der Waals surface area contributed by atoms with E-state index in [1.807, 2.05) is 6.92 Å².